The molecule has 0 bridgehead atoms. The number of hydrogen-bond acceptors (Lipinski definition) is 5. The Morgan fingerprint density at radius 1 is 1.11 bits per heavy atom. The lowest BCUT2D eigenvalue weighted by molar-refractivity contribution is -0.120. The van der Waals surface area contributed by atoms with Gasteiger partial charge in [0.15, 0.2) is 0 Å². The van der Waals surface area contributed by atoms with Crippen LogP contribution in [0.1, 0.15) is 24.0 Å². The molecule has 7 heteroatoms. The van der Waals surface area contributed by atoms with Crippen LogP contribution in [0.3, 0.4) is 0 Å². The van der Waals surface area contributed by atoms with Crippen molar-refractivity contribution in [3.8, 4) is 0 Å². The minimum atomic E-state index is -0.119. The van der Waals surface area contributed by atoms with Crippen molar-refractivity contribution >= 4 is 39.8 Å². The fraction of sp³-hybridized carbons (Fsp3) is 0.310. The van der Waals surface area contributed by atoms with Gasteiger partial charge in [-0.2, -0.15) is 0 Å². The lowest BCUT2D eigenvalue weighted by Crippen LogP contribution is -2.48. The molecule has 0 aromatic heterocycles. The molecule has 3 aromatic carbocycles. The standard InChI is InChI=1S/C29H32ClN5O/c1-19-26(16-20-7-8-21-5-3-4-6-22(21)15-20)33-29(25-17-23(30)9-10-27(25)34(19)2)35-13-11-24(12-14-35)32-28(36)18-31/h3-10,15,17,24,26H,1,11-14,16,18,31H2,2H3,(H,32,36). The summed E-state index contributed by atoms with van der Waals surface area (Å²) in [5, 5.41) is 6.16. The Bertz CT molecular complexity index is 1330. The van der Waals surface area contributed by atoms with Crippen molar-refractivity contribution in [3.05, 3.63) is 89.1 Å². The van der Waals surface area contributed by atoms with E-state index in [-0.39, 0.29) is 24.5 Å². The Kier molecular flexibility index (Phi) is 6.99. The van der Waals surface area contributed by atoms with Gasteiger partial charge in [-0.25, -0.2) is 0 Å². The number of anilines is 1. The van der Waals surface area contributed by atoms with E-state index in [9.17, 15) is 4.79 Å². The molecule has 186 valence electrons. The molecule has 1 atom stereocenters. The number of halogens is 1. The van der Waals surface area contributed by atoms with Gasteiger partial charge in [0.05, 0.1) is 18.3 Å². The number of amidine groups is 1. The largest absolute Gasteiger partial charge is 0.356 e. The highest BCUT2D eigenvalue weighted by molar-refractivity contribution is 6.31. The first kappa shape index (κ1) is 24.3. The number of piperidine rings is 1. The fourth-order valence-corrected chi connectivity index (χ4v) is 5.35. The number of benzene rings is 3. The van der Waals surface area contributed by atoms with Crippen molar-refractivity contribution in [1.82, 2.24) is 10.2 Å². The van der Waals surface area contributed by atoms with Crippen LogP contribution in [0.15, 0.2) is 77.9 Å². The molecular weight excluding hydrogens is 470 g/mol. The van der Waals surface area contributed by atoms with E-state index in [0.29, 0.717) is 5.02 Å². The number of nitrogens with two attached hydrogens (primary N) is 1. The number of fused-ring (bicyclic) bond motifs is 2. The zero-order chi connectivity index (χ0) is 25.2. The van der Waals surface area contributed by atoms with Gasteiger partial charge in [0.1, 0.15) is 5.84 Å². The third-order valence-electron chi connectivity index (χ3n) is 7.24. The van der Waals surface area contributed by atoms with E-state index in [1.807, 2.05) is 18.2 Å². The van der Waals surface area contributed by atoms with Crippen LogP contribution < -0.4 is 16.0 Å². The van der Waals surface area contributed by atoms with E-state index in [2.05, 4.69) is 71.2 Å². The van der Waals surface area contributed by atoms with E-state index in [1.165, 1.54) is 16.3 Å². The van der Waals surface area contributed by atoms with Gasteiger partial charge in [-0.3, -0.25) is 9.79 Å². The van der Waals surface area contributed by atoms with Crippen LogP contribution in [0.2, 0.25) is 5.02 Å². The smallest absolute Gasteiger partial charge is 0.233 e. The second-order valence-electron chi connectivity index (χ2n) is 9.60. The van der Waals surface area contributed by atoms with E-state index >= 15 is 0 Å². The molecule has 1 amide bonds. The molecule has 2 heterocycles. The third-order valence-corrected chi connectivity index (χ3v) is 7.48. The molecule has 36 heavy (non-hydrogen) atoms. The summed E-state index contributed by atoms with van der Waals surface area (Å²) in [4.78, 5) is 21.6. The Morgan fingerprint density at radius 2 is 1.86 bits per heavy atom. The molecule has 0 saturated carbocycles. The molecule has 1 fully saturated rings. The topological polar surface area (TPSA) is 74.0 Å². The van der Waals surface area contributed by atoms with Crippen molar-refractivity contribution in [3.63, 3.8) is 0 Å². The maximum absolute atomic E-state index is 11.8. The van der Waals surface area contributed by atoms with Crippen LogP contribution in [-0.2, 0) is 11.2 Å². The van der Waals surface area contributed by atoms with Crippen molar-refractivity contribution in [1.29, 1.82) is 0 Å². The van der Waals surface area contributed by atoms with Gasteiger partial charge >= 0.3 is 0 Å². The lowest BCUT2D eigenvalue weighted by Gasteiger charge is -2.35. The third kappa shape index (κ3) is 4.97. The maximum atomic E-state index is 11.8. The molecule has 0 spiro atoms. The molecule has 1 saturated heterocycles. The highest BCUT2D eigenvalue weighted by Gasteiger charge is 2.30. The summed E-state index contributed by atoms with van der Waals surface area (Å²) in [7, 11) is 2.05. The SMILES string of the molecule is C=C1C(Cc2ccc3ccccc3c2)N=C(N2CCC(NC(=O)CN)CC2)c2cc(Cl)ccc2N1C. The quantitative estimate of drug-likeness (QED) is 0.557. The van der Waals surface area contributed by atoms with Gasteiger partial charge in [0, 0.05) is 48.9 Å². The Labute approximate surface area is 217 Å². The predicted molar refractivity (Wildman–Crippen MR) is 149 cm³/mol. The van der Waals surface area contributed by atoms with E-state index in [4.69, 9.17) is 22.3 Å². The summed E-state index contributed by atoms with van der Waals surface area (Å²) in [5.41, 5.74) is 9.72. The van der Waals surface area contributed by atoms with Crippen LogP contribution in [-0.4, -0.2) is 55.4 Å². The second kappa shape index (κ2) is 10.3. The van der Waals surface area contributed by atoms with Crippen molar-refractivity contribution < 1.29 is 4.79 Å². The van der Waals surface area contributed by atoms with Crippen molar-refractivity contribution in [2.75, 3.05) is 31.6 Å². The maximum Gasteiger partial charge on any atom is 0.233 e. The van der Waals surface area contributed by atoms with Gasteiger partial charge in [-0.1, -0.05) is 60.6 Å². The summed E-state index contributed by atoms with van der Waals surface area (Å²) in [6.45, 7) is 6.06. The first-order chi connectivity index (χ1) is 17.4. The predicted octanol–water partition coefficient (Wildman–Crippen LogP) is 4.35. The van der Waals surface area contributed by atoms with Crippen LogP contribution in [0, 0.1) is 0 Å². The average molecular weight is 502 g/mol. The summed E-state index contributed by atoms with van der Waals surface area (Å²) in [6, 6.07) is 21.0. The molecule has 5 rings (SSSR count). The number of amides is 1. The number of rotatable bonds is 4. The Morgan fingerprint density at radius 3 is 2.61 bits per heavy atom. The van der Waals surface area contributed by atoms with Crippen LogP contribution >= 0.6 is 11.6 Å². The molecule has 1 unspecified atom stereocenters. The average Bonchev–Trinajstić information content (AvgIpc) is 2.99. The van der Waals surface area contributed by atoms with Crippen LogP contribution in [0.5, 0.6) is 0 Å². The monoisotopic (exact) mass is 501 g/mol. The second-order valence-corrected chi connectivity index (χ2v) is 10.0. The number of benzodiazepines with no additional fused rings is 1. The molecule has 6 nitrogen and oxygen atoms in total. The van der Waals surface area contributed by atoms with Crippen LogP contribution in [0.25, 0.3) is 10.8 Å². The Hall–Kier alpha value is -3.35. The summed E-state index contributed by atoms with van der Waals surface area (Å²) < 4.78 is 0. The first-order valence-electron chi connectivity index (χ1n) is 12.4. The molecule has 0 radical (unpaired) electrons. The van der Waals surface area contributed by atoms with E-state index in [0.717, 1.165) is 55.1 Å². The van der Waals surface area contributed by atoms with Crippen molar-refractivity contribution in [2.45, 2.75) is 31.3 Å². The number of aliphatic imine (C=N–C) groups is 1. The van der Waals surface area contributed by atoms with Crippen LogP contribution in [0.4, 0.5) is 5.69 Å². The van der Waals surface area contributed by atoms with Crippen molar-refractivity contribution in [2.24, 2.45) is 10.7 Å². The number of carbonyl (C=O) groups is 1. The van der Waals surface area contributed by atoms with Gasteiger partial charge in [0.25, 0.3) is 0 Å². The number of likely N-dealkylation sites (tertiary alicyclic amines) is 1. The minimum Gasteiger partial charge on any atom is -0.356 e. The normalized spacial score (nSPS) is 18.6. The number of nitrogens with one attached hydrogen (secondary N) is 1. The zero-order valence-corrected chi connectivity index (χ0v) is 21.3. The molecule has 0 aliphatic carbocycles. The number of likely N-dealkylation sites (N-methyl/N-ethyl adjacent to an activating group) is 1. The highest BCUT2D eigenvalue weighted by atomic mass is 35.5. The number of hydrogen-bond donors (Lipinski definition) is 2. The molecule has 3 N–H and O–H groups in total. The van der Waals surface area contributed by atoms with Gasteiger partial charge in [-0.05, 0) is 47.4 Å². The number of nitrogens with zero attached hydrogens (tertiary/aromatic N) is 3. The van der Waals surface area contributed by atoms with Gasteiger partial charge in [-0.15, -0.1) is 0 Å². The zero-order valence-electron chi connectivity index (χ0n) is 20.6. The highest BCUT2D eigenvalue weighted by Crippen LogP contribution is 2.34. The molecule has 2 aliphatic rings. The molecular formula is C29H32ClN5O. The molecule has 3 aromatic rings. The van der Waals surface area contributed by atoms with Gasteiger partial charge in [0.2, 0.25) is 5.91 Å². The van der Waals surface area contributed by atoms with E-state index < -0.39 is 0 Å². The Balaban J connectivity index is 1.48. The lowest BCUT2D eigenvalue weighted by atomic mass is 10.00. The summed E-state index contributed by atoms with van der Waals surface area (Å²) in [5.74, 6) is 0.832. The number of carbonyl (C=O) groups excluding carboxylic acids is 1. The fourth-order valence-electron chi connectivity index (χ4n) is 5.18. The molecule has 2 aliphatic heterocycles. The van der Waals surface area contributed by atoms with E-state index in [1.54, 1.807) is 0 Å². The van der Waals surface area contributed by atoms with Gasteiger partial charge < -0.3 is 20.9 Å². The first-order valence-corrected chi connectivity index (χ1v) is 12.8. The summed E-state index contributed by atoms with van der Waals surface area (Å²) in [6.07, 6.45) is 2.43. The minimum absolute atomic E-state index is 0.0176. The summed E-state index contributed by atoms with van der Waals surface area (Å²) >= 11 is 6.46.